The molecule has 2 rings (SSSR count). The molecule has 1 amide bonds. The average molecular weight is 296 g/mol. The van der Waals surface area contributed by atoms with E-state index >= 15 is 0 Å². The van der Waals surface area contributed by atoms with Gasteiger partial charge in [0.2, 0.25) is 5.91 Å². The first-order valence-corrected chi connectivity index (χ1v) is 8.55. The minimum atomic E-state index is 0.00683. The predicted molar refractivity (Wildman–Crippen MR) is 86.4 cm³/mol. The Morgan fingerprint density at radius 2 is 1.76 bits per heavy atom. The topological polar surface area (TPSA) is 38.8 Å². The molecule has 2 heterocycles. The van der Waals surface area contributed by atoms with Crippen LogP contribution in [0.5, 0.6) is 0 Å². The average Bonchev–Trinajstić information content (AvgIpc) is 2.49. The first-order valence-electron chi connectivity index (χ1n) is 8.55. The number of nitrogens with zero attached hydrogens (tertiary/aromatic N) is 3. The van der Waals surface area contributed by atoms with Gasteiger partial charge in [0, 0.05) is 45.3 Å². The van der Waals surface area contributed by atoms with Gasteiger partial charge in [-0.1, -0.05) is 6.92 Å². The van der Waals surface area contributed by atoms with Gasteiger partial charge < -0.3 is 15.1 Å². The predicted octanol–water partition coefficient (Wildman–Crippen LogP) is 0.613. The van der Waals surface area contributed by atoms with Gasteiger partial charge in [-0.3, -0.25) is 9.69 Å². The Labute approximate surface area is 129 Å². The highest BCUT2D eigenvalue weighted by atomic mass is 16.2. The Bertz CT molecular complexity index is 320. The van der Waals surface area contributed by atoms with Gasteiger partial charge in [-0.2, -0.15) is 0 Å². The standard InChI is InChI=1S/C16H32N4O/c1-4-7-19-8-5-15(6-9-19)17-16(21)14(2)20-12-10-18(3)11-13-20/h14-15H,4-13H2,1-3H3,(H,17,21). The molecule has 0 bridgehead atoms. The number of carbonyl (C=O) groups excluding carboxylic acids is 1. The molecule has 0 spiro atoms. The van der Waals surface area contributed by atoms with Crippen molar-refractivity contribution in [1.82, 2.24) is 20.0 Å². The van der Waals surface area contributed by atoms with Gasteiger partial charge >= 0.3 is 0 Å². The van der Waals surface area contributed by atoms with Crippen LogP contribution in [0.25, 0.3) is 0 Å². The highest BCUT2D eigenvalue weighted by molar-refractivity contribution is 5.81. The van der Waals surface area contributed by atoms with Gasteiger partial charge in [0.1, 0.15) is 0 Å². The maximum atomic E-state index is 12.4. The van der Waals surface area contributed by atoms with Crippen LogP contribution >= 0.6 is 0 Å². The van der Waals surface area contributed by atoms with Crippen LogP contribution in [0.3, 0.4) is 0 Å². The SMILES string of the molecule is CCCN1CCC(NC(=O)C(C)N2CCN(C)CC2)CC1. The molecule has 2 fully saturated rings. The smallest absolute Gasteiger partial charge is 0.237 e. The molecule has 21 heavy (non-hydrogen) atoms. The summed E-state index contributed by atoms with van der Waals surface area (Å²) in [5.41, 5.74) is 0. The number of amides is 1. The van der Waals surface area contributed by atoms with E-state index in [2.05, 4.69) is 34.0 Å². The quantitative estimate of drug-likeness (QED) is 0.807. The van der Waals surface area contributed by atoms with Crippen molar-refractivity contribution in [2.45, 2.75) is 45.2 Å². The van der Waals surface area contributed by atoms with Gasteiger partial charge in [0.15, 0.2) is 0 Å². The second kappa shape index (κ2) is 8.11. The fourth-order valence-electron chi connectivity index (χ4n) is 3.31. The lowest BCUT2D eigenvalue weighted by Gasteiger charge is -2.37. The molecule has 0 saturated carbocycles. The molecule has 122 valence electrons. The Morgan fingerprint density at radius 3 is 2.33 bits per heavy atom. The van der Waals surface area contributed by atoms with E-state index in [9.17, 15) is 4.79 Å². The van der Waals surface area contributed by atoms with Crippen LogP contribution < -0.4 is 5.32 Å². The maximum Gasteiger partial charge on any atom is 0.237 e. The van der Waals surface area contributed by atoms with E-state index in [4.69, 9.17) is 0 Å². The van der Waals surface area contributed by atoms with E-state index in [1.54, 1.807) is 0 Å². The highest BCUT2D eigenvalue weighted by Gasteiger charge is 2.27. The van der Waals surface area contributed by atoms with Gasteiger partial charge in [-0.05, 0) is 39.8 Å². The third-order valence-electron chi connectivity index (χ3n) is 4.94. The van der Waals surface area contributed by atoms with E-state index in [1.165, 1.54) is 13.0 Å². The van der Waals surface area contributed by atoms with E-state index in [-0.39, 0.29) is 11.9 Å². The molecule has 5 nitrogen and oxygen atoms in total. The van der Waals surface area contributed by atoms with Crippen molar-refractivity contribution in [2.75, 3.05) is 52.9 Å². The maximum absolute atomic E-state index is 12.4. The molecule has 0 aromatic carbocycles. The molecule has 0 aromatic heterocycles. The number of hydrogen-bond acceptors (Lipinski definition) is 4. The van der Waals surface area contributed by atoms with Crippen molar-refractivity contribution in [2.24, 2.45) is 0 Å². The van der Waals surface area contributed by atoms with Crippen LogP contribution in [0.2, 0.25) is 0 Å². The molecular weight excluding hydrogens is 264 g/mol. The van der Waals surface area contributed by atoms with Crippen LogP contribution in [0, 0.1) is 0 Å². The second-order valence-corrected chi connectivity index (χ2v) is 6.64. The van der Waals surface area contributed by atoms with Crippen molar-refractivity contribution in [3.05, 3.63) is 0 Å². The number of hydrogen-bond donors (Lipinski definition) is 1. The summed E-state index contributed by atoms with van der Waals surface area (Å²) in [6, 6.07) is 0.382. The Hall–Kier alpha value is -0.650. The summed E-state index contributed by atoms with van der Waals surface area (Å²) in [6.07, 6.45) is 3.42. The zero-order valence-corrected chi connectivity index (χ0v) is 14.0. The Balaban J connectivity index is 1.71. The largest absolute Gasteiger partial charge is 0.352 e. The molecule has 2 aliphatic rings. The summed E-state index contributed by atoms with van der Waals surface area (Å²) in [5, 5.41) is 3.27. The van der Waals surface area contributed by atoms with Crippen molar-refractivity contribution in [1.29, 1.82) is 0 Å². The summed E-state index contributed by atoms with van der Waals surface area (Å²) < 4.78 is 0. The molecule has 0 aromatic rings. The number of nitrogens with one attached hydrogen (secondary N) is 1. The first kappa shape index (κ1) is 16.7. The van der Waals surface area contributed by atoms with E-state index in [1.807, 2.05) is 6.92 Å². The van der Waals surface area contributed by atoms with Gasteiger partial charge in [-0.25, -0.2) is 0 Å². The van der Waals surface area contributed by atoms with Crippen LogP contribution in [0.15, 0.2) is 0 Å². The number of piperidine rings is 1. The number of likely N-dealkylation sites (tertiary alicyclic amines) is 1. The molecule has 1 N–H and O–H groups in total. The molecule has 0 radical (unpaired) electrons. The number of carbonyl (C=O) groups is 1. The van der Waals surface area contributed by atoms with Crippen LogP contribution in [-0.4, -0.2) is 85.6 Å². The van der Waals surface area contributed by atoms with Gasteiger partial charge in [-0.15, -0.1) is 0 Å². The summed E-state index contributed by atoms with van der Waals surface area (Å²) in [6.45, 7) is 11.8. The Kier molecular flexibility index (Phi) is 6.45. The molecule has 1 atom stereocenters. The summed E-state index contributed by atoms with van der Waals surface area (Å²) in [4.78, 5) is 19.6. The van der Waals surface area contributed by atoms with Crippen molar-refractivity contribution < 1.29 is 4.79 Å². The normalized spacial score (nSPS) is 24.9. The minimum absolute atomic E-state index is 0.00683. The van der Waals surface area contributed by atoms with Crippen molar-refractivity contribution >= 4 is 5.91 Å². The van der Waals surface area contributed by atoms with Crippen molar-refractivity contribution in [3.63, 3.8) is 0 Å². The van der Waals surface area contributed by atoms with Crippen molar-refractivity contribution in [3.8, 4) is 0 Å². The molecular formula is C16H32N4O. The van der Waals surface area contributed by atoms with Crippen LogP contribution in [0.1, 0.15) is 33.1 Å². The molecule has 2 saturated heterocycles. The third-order valence-corrected chi connectivity index (χ3v) is 4.94. The van der Waals surface area contributed by atoms with Crippen LogP contribution in [0.4, 0.5) is 0 Å². The molecule has 1 unspecified atom stereocenters. The molecule has 0 aliphatic carbocycles. The van der Waals surface area contributed by atoms with E-state index in [0.717, 1.165) is 52.1 Å². The summed E-state index contributed by atoms with van der Waals surface area (Å²) in [7, 11) is 2.14. The zero-order chi connectivity index (χ0) is 15.2. The molecule has 5 heteroatoms. The number of rotatable bonds is 5. The van der Waals surface area contributed by atoms with E-state index in [0.29, 0.717) is 6.04 Å². The highest BCUT2D eigenvalue weighted by Crippen LogP contribution is 2.12. The van der Waals surface area contributed by atoms with Crippen LogP contribution in [-0.2, 0) is 4.79 Å². The number of likely N-dealkylation sites (N-methyl/N-ethyl adjacent to an activating group) is 1. The lowest BCUT2D eigenvalue weighted by Crippen LogP contribution is -2.55. The third kappa shape index (κ3) is 4.94. The zero-order valence-electron chi connectivity index (χ0n) is 14.0. The number of piperazine rings is 1. The van der Waals surface area contributed by atoms with E-state index < -0.39 is 0 Å². The molecule has 2 aliphatic heterocycles. The second-order valence-electron chi connectivity index (χ2n) is 6.64. The lowest BCUT2D eigenvalue weighted by molar-refractivity contribution is -0.127. The summed E-state index contributed by atoms with van der Waals surface area (Å²) >= 11 is 0. The van der Waals surface area contributed by atoms with Gasteiger partial charge in [0.05, 0.1) is 6.04 Å². The monoisotopic (exact) mass is 296 g/mol. The fourth-order valence-corrected chi connectivity index (χ4v) is 3.31. The fraction of sp³-hybridized carbons (Fsp3) is 0.938. The summed E-state index contributed by atoms with van der Waals surface area (Å²) in [5.74, 6) is 0.216. The minimum Gasteiger partial charge on any atom is -0.352 e. The Morgan fingerprint density at radius 1 is 1.14 bits per heavy atom. The first-order chi connectivity index (χ1) is 10.1. The lowest BCUT2D eigenvalue weighted by atomic mass is 10.0. The van der Waals surface area contributed by atoms with Gasteiger partial charge in [0.25, 0.3) is 0 Å².